The molecule has 194 valence electrons. The Morgan fingerprint density at radius 3 is 2.45 bits per heavy atom. The van der Waals surface area contributed by atoms with Gasteiger partial charge >= 0.3 is 6.18 Å². The van der Waals surface area contributed by atoms with Crippen LogP contribution in [0.1, 0.15) is 54.9 Å². The number of nitrogens with zero attached hydrogens (tertiary/aromatic N) is 3. The van der Waals surface area contributed by atoms with E-state index in [9.17, 15) is 17.6 Å². The Hall–Kier alpha value is -3.94. The van der Waals surface area contributed by atoms with Crippen LogP contribution in [0.2, 0.25) is 0 Å². The Morgan fingerprint density at radius 1 is 0.895 bits per heavy atom. The molecule has 6 rings (SSSR count). The van der Waals surface area contributed by atoms with Gasteiger partial charge < -0.3 is 9.09 Å². The number of pyridine rings is 1. The summed E-state index contributed by atoms with van der Waals surface area (Å²) < 4.78 is 61.2. The molecule has 3 heterocycles. The number of rotatable bonds is 5. The van der Waals surface area contributed by atoms with E-state index in [0.717, 1.165) is 47.5 Å². The van der Waals surface area contributed by atoms with Gasteiger partial charge in [-0.25, -0.2) is 9.37 Å². The van der Waals surface area contributed by atoms with E-state index < -0.39 is 17.6 Å². The smallest absolute Gasteiger partial charge is 0.359 e. The minimum atomic E-state index is -4.72. The maximum Gasteiger partial charge on any atom is 0.417 e. The lowest BCUT2D eigenvalue weighted by atomic mass is 9.81. The van der Waals surface area contributed by atoms with Gasteiger partial charge in [0, 0.05) is 35.2 Å². The highest BCUT2D eigenvalue weighted by molar-refractivity contribution is 5.79. The molecule has 3 aliphatic rings. The zero-order valence-corrected chi connectivity index (χ0v) is 20.5. The molecule has 0 N–H and O–H groups in total. The van der Waals surface area contributed by atoms with Crippen LogP contribution in [-0.4, -0.2) is 14.7 Å². The molecule has 1 saturated carbocycles. The topological polar surface area (TPSA) is 43.9 Å². The summed E-state index contributed by atoms with van der Waals surface area (Å²) in [5.41, 5.74) is 4.10. The third kappa shape index (κ3) is 4.71. The van der Waals surface area contributed by atoms with E-state index in [1.54, 1.807) is 0 Å². The average Bonchev–Trinajstić information content (AvgIpc) is 3.54. The molecule has 8 heteroatoms. The zero-order valence-electron chi connectivity index (χ0n) is 20.5. The largest absolute Gasteiger partial charge is 0.417 e. The Balaban J connectivity index is 1.34. The average molecular weight is 520 g/mol. The molecular weight excluding hydrogens is 494 g/mol. The van der Waals surface area contributed by atoms with Gasteiger partial charge in [-0.05, 0) is 48.6 Å². The molecule has 0 amide bonds. The molecule has 0 radical (unpaired) electrons. The van der Waals surface area contributed by atoms with Crippen LogP contribution in [0.25, 0.3) is 33.8 Å². The summed E-state index contributed by atoms with van der Waals surface area (Å²) in [6.45, 7) is 0.262. The first kappa shape index (κ1) is 24.4. The Kier molecular flexibility index (Phi) is 6.26. The molecule has 1 aliphatic carbocycles. The van der Waals surface area contributed by atoms with Gasteiger partial charge in [0.25, 0.3) is 0 Å². The van der Waals surface area contributed by atoms with Gasteiger partial charge in [-0.3, -0.25) is 0 Å². The molecule has 0 unspecified atom stereocenters. The highest BCUT2D eigenvalue weighted by Crippen LogP contribution is 2.44. The van der Waals surface area contributed by atoms with E-state index >= 15 is 0 Å². The van der Waals surface area contributed by atoms with Crippen LogP contribution in [0.5, 0.6) is 0 Å². The number of alkyl halides is 3. The van der Waals surface area contributed by atoms with E-state index in [0.29, 0.717) is 17.7 Å². The van der Waals surface area contributed by atoms with Crippen molar-refractivity contribution in [3.8, 4) is 33.8 Å². The van der Waals surface area contributed by atoms with E-state index in [1.807, 2.05) is 35.2 Å². The fourth-order valence-electron chi connectivity index (χ4n) is 5.54. The molecule has 0 bridgehead atoms. The third-order valence-electron chi connectivity index (χ3n) is 7.30. The highest BCUT2D eigenvalue weighted by atomic mass is 19.4. The first-order chi connectivity index (χ1) is 18.4. The van der Waals surface area contributed by atoms with Crippen molar-refractivity contribution in [1.82, 2.24) is 14.7 Å². The normalized spacial score (nSPS) is 14.8. The van der Waals surface area contributed by atoms with Gasteiger partial charge in [-0.2, -0.15) is 13.2 Å². The lowest BCUT2D eigenvalue weighted by Gasteiger charge is -2.23. The van der Waals surface area contributed by atoms with Crippen molar-refractivity contribution in [2.24, 2.45) is 0 Å². The number of hydrogen-bond donors (Lipinski definition) is 0. The SMILES string of the molecule is Fc1ccc(-c2cc(Cn3ccc4c(C5CCCCC5)c(-c5ccccc5)nc-4c3)on2)c(C(F)(F)F)c1. The van der Waals surface area contributed by atoms with Crippen LogP contribution in [-0.2, 0) is 12.7 Å². The molecule has 1 fully saturated rings. The lowest BCUT2D eigenvalue weighted by molar-refractivity contribution is -0.137. The second kappa shape index (κ2) is 9.74. The maximum atomic E-state index is 13.5. The molecule has 0 atom stereocenters. The first-order valence-electron chi connectivity index (χ1n) is 12.7. The van der Waals surface area contributed by atoms with Gasteiger partial charge in [-0.1, -0.05) is 54.8 Å². The summed E-state index contributed by atoms with van der Waals surface area (Å²) in [4.78, 5) is 5.03. The molecule has 2 aliphatic heterocycles. The van der Waals surface area contributed by atoms with Crippen LogP contribution < -0.4 is 0 Å². The predicted molar refractivity (Wildman–Crippen MR) is 136 cm³/mol. The molecular formula is C30H25F4N3O. The Morgan fingerprint density at radius 2 is 1.68 bits per heavy atom. The van der Waals surface area contributed by atoms with E-state index in [-0.39, 0.29) is 17.8 Å². The number of fused-ring (bicyclic) bond motifs is 1. The van der Waals surface area contributed by atoms with Gasteiger partial charge in [0.1, 0.15) is 11.5 Å². The second-order valence-corrected chi connectivity index (χ2v) is 9.86. The summed E-state index contributed by atoms with van der Waals surface area (Å²) in [7, 11) is 0. The molecule has 4 nitrogen and oxygen atoms in total. The molecule has 3 aromatic rings. The van der Waals surface area contributed by atoms with Crippen LogP contribution in [0, 0.1) is 5.82 Å². The molecule has 1 aromatic heterocycles. The van der Waals surface area contributed by atoms with Crippen molar-refractivity contribution >= 4 is 0 Å². The minimum Gasteiger partial charge on any atom is -0.359 e. The fourth-order valence-corrected chi connectivity index (χ4v) is 5.54. The summed E-state index contributed by atoms with van der Waals surface area (Å²) in [6, 6.07) is 16.3. The van der Waals surface area contributed by atoms with Crippen LogP contribution in [0.15, 0.2) is 77.6 Å². The molecule has 0 saturated heterocycles. The predicted octanol–water partition coefficient (Wildman–Crippen LogP) is 8.56. The van der Waals surface area contributed by atoms with E-state index in [1.165, 1.54) is 30.9 Å². The van der Waals surface area contributed by atoms with Gasteiger partial charge in [0.05, 0.1) is 23.5 Å². The summed E-state index contributed by atoms with van der Waals surface area (Å²) in [5, 5.41) is 3.84. The van der Waals surface area contributed by atoms with Crippen molar-refractivity contribution in [3.63, 3.8) is 0 Å². The Labute approximate surface area is 217 Å². The van der Waals surface area contributed by atoms with Gasteiger partial charge in [0.2, 0.25) is 0 Å². The van der Waals surface area contributed by atoms with Crippen LogP contribution >= 0.6 is 0 Å². The number of halogens is 4. The quantitative estimate of drug-likeness (QED) is 0.219. The number of benzene rings is 2. The van der Waals surface area contributed by atoms with Crippen molar-refractivity contribution in [3.05, 3.63) is 95.8 Å². The van der Waals surface area contributed by atoms with Crippen LogP contribution in [0.3, 0.4) is 0 Å². The molecule has 0 spiro atoms. The lowest BCUT2D eigenvalue weighted by Crippen LogP contribution is -2.07. The Bertz CT molecular complexity index is 1530. The summed E-state index contributed by atoms with van der Waals surface area (Å²) in [6.07, 6.45) is 5.17. The third-order valence-corrected chi connectivity index (χ3v) is 7.30. The fraction of sp³-hybridized carbons (Fsp3) is 0.267. The van der Waals surface area contributed by atoms with Gasteiger partial charge in [0.15, 0.2) is 5.76 Å². The first-order valence-corrected chi connectivity index (χ1v) is 12.7. The number of hydrogen-bond acceptors (Lipinski definition) is 3. The minimum absolute atomic E-state index is 0.00591. The zero-order chi connectivity index (χ0) is 26.3. The van der Waals surface area contributed by atoms with Crippen LogP contribution in [0.4, 0.5) is 17.6 Å². The monoisotopic (exact) mass is 519 g/mol. The second-order valence-electron chi connectivity index (χ2n) is 9.86. The van der Waals surface area contributed by atoms with E-state index in [4.69, 9.17) is 9.51 Å². The van der Waals surface area contributed by atoms with Gasteiger partial charge in [-0.15, -0.1) is 0 Å². The van der Waals surface area contributed by atoms with E-state index in [2.05, 4.69) is 23.4 Å². The number of aromatic nitrogens is 3. The van der Waals surface area contributed by atoms with Crippen molar-refractivity contribution < 1.29 is 22.1 Å². The molecule has 38 heavy (non-hydrogen) atoms. The highest BCUT2D eigenvalue weighted by Gasteiger charge is 2.35. The summed E-state index contributed by atoms with van der Waals surface area (Å²) in [5.74, 6) is -0.113. The maximum absolute atomic E-state index is 13.5. The van der Waals surface area contributed by atoms with Crippen molar-refractivity contribution in [2.45, 2.75) is 50.7 Å². The van der Waals surface area contributed by atoms with Crippen molar-refractivity contribution in [2.75, 3.05) is 0 Å². The molecule has 2 aromatic carbocycles. The van der Waals surface area contributed by atoms with Crippen molar-refractivity contribution in [1.29, 1.82) is 0 Å². The summed E-state index contributed by atoms with van der Waals surface area (Å²) >= 11 is 0. The standard InChI is InChI=1S/C30H25F4N3O/c31-21-11-12-23(25(15-21)30(32,33)34)26-16-22(38-36-26)17-37-14-13-24-27(18-37)35-29(20-9-5-2-6-10-20)28(24)19-7-3-1-4-8-19/h2,5-6,9-16,18-19H,1,3-4,7-8,17H2.